The van der Waals surface area contributed by atoms with Crippen molar-refractivity contribution in [2.45, 2.75) is 0 Å². The molecule has 13 aromatic rings. The number of fused-ring (bicyclic) bond motifs is 10. The lowest BCUT2D eigenvalue weighted by Gasteiger charge is -2.13. The Kier molecular flexibility index (Phi) is 7.54. The van der Waals surface area contributed by atoms with Gasteiger partial charge in [-0.25, -0.2) is 15.0 Å². The van der Waals surface area contributed by atoms with Gasteiger partial charge in [-0.1, -0.05) is 164 Å². The molecule has 0 N–H and O–H groups in total. The van der Waals surface area contributed by atoms with Gasteiger partial charge >= 0.3 is 0 Å². The van der Waals surface area contributed by atoms with E-state index in [1.165, 1.54) is 10.8 Å². The SMILES string of the molecule is c1ccc2cc(-c3ccc(-c4nc(-c5ccc6c(ccc7oc8ccccc8c76)c5)nc(-c5cccc6c(-c7cccc8oc9ccccc9c78)cccc56)n4)cc3)ccc2c1. The Morgan fingerprint density at radius 3 is 1.58 bits per heavy atom. The summed E-state index contributed by atoms with van der Waals surface area (Å²) >= 11 is 0. The minimum Gasteiger partial charge on any atom is -0.456 e. The van der Waals surface area contributed by atoms with E-state index in [1.54, 1.807) is 0 Å². The summed E-state index contributed by atoms with van der Waals surface area (Å²) in [7, 11) is 0. The van der Waals surface area contributed by atoms with E-state index in [0.717, 1.165) is 104 Å². The van der Waals surface area contributed by atoms with E-state index < -0.39 is 0 Å². The van der Waals surface area contributed by atoms with Crippen molar-refractivity contribution in [2.24, 2.45) is 0 Å². The van der Waals surface area contributed by atoms with Crippen molar-refractivity contribution >= 4 is 76.2 Å². The number of hydrogen-bond acceptors (Lipinski definition) is 5. The summed E-state index contributed by atoms with van der Waals surface area (Å²) in [5, 5.41) is 11.2. The van der Waals surface area contributed by atoms with Gasteiger partial charge in [0.1, 0.15) is 22.3 Å². The molecule has 5 heteroatoms. The highest BCUT2D eigenvalue weighted by atomic mass is 16.3. The van der Waals surface area contributed by atoms with Crippen molar-refractivity contribution in [3.8, 4) is 56.4 Å². The van der Waals surface area contributed by atoms with Gasteiger partial charge in [0.05, 0.1) is 0 Å². The van der Waals surface area contributed by atoms with Crippen LogP contribution in [0, 0.1) is 0 Å². The molecule has 0 aliphatic carbocycles. The van der Waals surface area contributed by atoms with Crippen molar-refractivity contribution in [2.75, 3.05) is 0 Å². The van der Waals surface area contributed by atoms with Crippen molar-refractivity contribution < 1.29 is 8.83 Å². The Hall–Kier alpha value is -8.41. The number of aromatic nitrogens is 3. The van der Waals surface area contributed by atoms with Gasteiger partial charge in [0, 0.05) is 38.2 Å². The molecule has 0 spiro atoms. The maximum Gasteiger partial charge on any atom is 0.164 e. The number of benzene rings is 10. The van der Waals surface area contributed by atoms with E-state index in [4.69, 9.17) is 23.8 Å². The van der Waals surface area contributed by atoms with Crippen LogP contribution in [-0.4, -0.2) is 15.0 Å². The third-order valence-electron chi connectivity index (χ3n) is 12.3. The zero-order chi connectivity index (χ0) is 40.7. The van der Waals surface area contributed by atoms with Crippen LogP contribution in [0.3, 0.4) is 0 Å². The first kappa shape index (κ1) is 34.5. The molecule has 5 nitrogen and oxygen atoms in total. The molecule has 288 valence electrons. The largest absolute Gasteiger partial charge is 0.456 e. The predicted molar refractivity (Wildman–Crippen MR) is 254 cm³/mol. The second-order valence-electron chi connectivity index (χ2n) is 15.9. The molecule has 3 heterocycles. The fourth-order valence-electron chi connectivity index (χ4n) is 9.37. The molecular weight excluding hydrogens is 759 g/mol. The molecule has 13 rings (SSSR count). The second kappa shape index (κ2) is 13.6. The van der Waals surface area contributed by atoms with Gasteiger partial charge in [0.15, 0.2) is 17.5 Å². The molecule has 0 unspecified atom stereocenters. The molecule has 0 radical (unpaired) electrons. The lowest BCUT2D eigenvalue weighted by Crippen LogP contribution is -2.01. The fraction of sp³-hybridized carbons (Fsp3) is 0. The number of furan rings is 2. The average Bonchev–Trinajstić information content (AvgIpc) is 3.92. The molecule has 0 aliphatic rings. The number of nitrogens with zero attached hydrogens (tertiary/aromatic N) is 3. The second-order valence-corrected chi connectivity index (χ2v) is 15.9. The first-order valence-electron chi connectivity index (χ1n) is 20.8. The summed E-state index contributed by atoms with van der Waals surface area (Å²) < 4.78 is 12.5. The van der Waals surface area contributed by atoms with Crippen LogP contribution in [0.1, 0.15) is 0 Å². The highest BCUT2D eigenvalue weighted by Gasteiger charge is 2.19. The quantitative estimate of drug-likeness (QED) is 0.174. The van der Waals surface area contributed by atoms with Gasteiger partial charge in [-0.3, -0.25) is 0 Å². The van der Waals surface area contributed by atoms with Crippen molar-refractivity contribution in [3.63, 3.8) is 0 Å². The van der Waals surface area contributed by atoms with Crippen LogP contribution in [0.4, 0.5) is 0 Å². The normalized spacial score (nSPS) is 11.9. The predicted octanol–water partition coefficient (Wildman–Crippen LogP) is 15.5. The van der Waals surface area contributed by atoms with E-state index in [1.807, 2.05) is 30.3 Å². The minimum absolute atomic E-state index is 0.602. The van der Waals surface area contributed by atoms with E-state index >= 15 is 0 Å². The molecule has 62 heavy (non-hydrogen) atoms. The minimum atomic E-state index is 0.602. The van der Waals surface area contributed by atoms with Crippen LogP contribution >= 0.6 is 0 Å². The Morgan fingerprint density at radius 2 is 0.774 bits per heavy atom. The van der Waals surface area contributed by atoms with E-state index in [9.17, 15) is 0 Å². The van der Waals surface area contributed by atoms with Crippen molar-refractivity contribution in [1.29, 1.82) is 0 Å². The first-order chi connectivity index (χ1) is 30.7. The molecule has 0 atom stereocenters. The Labute approximate surface area is 355 Å². The monoisotopic (exact) mass is 791 g/mol. The van der Waals surface area contributed by atoms with Crippen molar-refractivity contribution in [3.05, 3.63) is 200 Å². The van der Waals surface area contributed by atoms with Crippen LogP contribution in [-0.2, 0) is 0 Å². The Morgan fingerprint density at radius 1 is 0.258 bits per heavy atom. The Bertz CT molecular complexity index is 3940. The number of hydrogen-bond donors (Lipinski definition) is 0. The van der Waals surface area contributed by atoms with Crippen LogP contribution in [0.25, 0.3) is 133 Å². The third kappa shape index (κ3) is 5.45. The Balaban J connectivity index is 0.988. The topological polar surface area (TPSA) is 65.0 Å². The molecule has 10 aromatic carbocycles. The maximum absolute atomic E-state index is 6.31. The molecule has 3 aromatic heterocycles. The van der Waals surface area contributed by atoms with Crippen LogP contribution in [0.15, 0.2) is 209 Å². The lowest BCUT2D eigenvalue weighted by atomic mass is 9.93. The van der Waals surface area contributed by atoms with E-state index in [2.05, 4.69) is 170 Å². The van der Waals surface area contributed by atoms with Gasteiger partial charge in [-0.15, -0.1) is 0 Å². The summed E-state index contributed by atoms with van der Waals surface area (Å²) in [6.07, 6.45) is 0. The van der Waals surface area contributed by atoms with Crippen molar-refractivity contribution in [1.82, 2.24) is 15.0 Å². The third-order valence-corrected chi connectivity index (χ3v) is 12.3. The van der Waals surface area contributed by atoms with Gasteiger partial charge in [-0.2, -0.15) is 0 Å². The molecule has 0 bridgehead atoms. The standard InChI is InChI=1S/C57H33N3O2/c1-2-11-37-32-38(27-24-34(37)10-1)35-22-25-36(26-23-35)55-58-56(40-28-30-41-39(33-40)29-31-52-53(41)47-12-3-5-19-49(47)62-52)60-57(59-55)46-18-8-14-42-43(15-7-16-44(42)46)45-17-9-21-51-54(45)48-13-4-6-20-50(48)61-51/h1-33H. The van der Waals surface area contributed by atoms with Gasteiger partial charge in [0.25, 0.3) is 0 Å². The zero-order valence-corrected chi connectivity index (χ0v) is 33.2. The summed E-state index contributed by atoms with van der Waals surface area (Å²) in [6.45, 7) is 0. The van der Waals surface area contributed by atoms with Crippen LogP contribution < -0.4 is 0 Å². The van der Waals surface area contributed by atoms with Gasteiger partial charge < -0.3 is 8.83 Å². The zero-order valence-electron chi connectivity index (χ0n) is 33.2. The molecule has 0 amide bonds. The fourth-order valence-corrected chi connectivity index (χ4v) is 9.37. The molecular formula is C57H33N3O2. The van der Waals surface area contributed by atoms with E-state index in [0.29, 0.717) is 17.5 Å². The summed E-state index contributed by atoms with van der Waals surface area (Å²) in [5.74, 6) is 1.81. The molecule has 0 saturated heterocycles. The van der Waals surface area contributed by atoms with Crippen LogP contribution in [0.2, 0.25) is 0 Å². The molecule has 0 saturated carbocycles. The summed E-state index contributed by atoms with van der Waals surface area (Å²) in [4.78, 5) is 15.7. The van der Waals surface area contributed by atoms with E-state index in [-0.39, 0.29) is 0 Å². The highest BCUT2D eigenvalue weighted by molar-refractivity contribution is 6.19. The lowest BCUT2D eigenvalue weighted by molar-refractivity contribution is 0.668. The maximum atomic E-state index is 6.31. The van der Waals surface area contributed by atoms with Gasteiger partial charge in [-0.05, 0) is 91.0 Å². The van der Waals surface area contributed by atoms with Crippen LogP contribution in [0.5, 0.6) is 0 Å². The van der Waals surface area contributed by atoms with Gasteiger partial charge in [0.2, 0.25) is 0 Å². The summed E-state index contributed by atoms with van der Waals surface area (Å²) in [6, 6.07) is 69.9. The molecule has 0 fully saturated rings. The number of para-hydroxylation sites is 2. The first-order valence-corrected chi connectivity index (χ1v) is 20.8. The smallest absolute Gasteiger partial charge is 0.164 e. The highest BCUT2D eigenvalue weighted by Crippen LogP contribution is 2.42. The number of rotatable bonds is 5. The average molecular weight is 792 g/mol. The molecule has 0 aliphatic heterocycles. The summed E-state index contributed by atoms with van der Waals surface area (Å²) in [5.41, 5.74) is 10.8.